The van der Waals surface area contributed by atoms with Gasteiger partial charge in [-0.3, -0.25) is 9.69 Å². The fourth-order valence-electron chi connectivity index (χ4n) is 2.54. The van der Waals surface area contributed by atoms with Crippen LogP contribution in [0.2, 0.25) is 0 Å². The van der Waals surface area contributed by atoms with Crippen molar-refractivity contribution in [2.24, 2.45) is 0 Å². The number of aromatic amines is 1. The first-order valence-electron chi connectivity index (χ1n) is 7.61. The summed E-state index contributed by atoms with van der Waals surface area (Å²) in [5, 5.41) is 0. The van der Waals surface area contributed by atoms with Crippen molar-refractivity contribution >= 4 is 11.9 Å². The number of hydrogen-bond donors (Lipinski definition) is 1. The second-order valence-corrected chi connectivity index (χ2v) is 6.79. The number of Topliss-reactive ketones (excluding diaryl/α,β-unsaturated/α-hetero) is 1. The predicted octanol–water partition coefficient (Wildman–Crippen LogP) is 2.14. The molecule has 1 aliphatic rings. The summed E-state index contributed by atoms with van der Waals surface area (Å²) in [4.78, 5) is 30.8. The van der Waals surface area contributed by atoms with Crippen molar-refractivity contribution in [1.82, 2.24) is 14.8 Å². The van der Waals surface area contributed by atoms with Gasteiger partial charge in [0.25, 0.3) is 0 Å². The summed E-state index contributed by atoms with van der Waals surface area (Å²) >= 11 is 0. The molecular weight excluding hydrogens is 282 g/mol. The molecule has 122 valence electrons. The third kappa shape index (κ3) is 4.34. The fourth-order valence-corrected chi connectivity index (χ4v) is 2.54. The minimum Gasteiger partial charge on any atom is -0.444 e. The molecule has 1 aliphatic heterocycles. The fraction of sp³-hybridized carbons (Fsp3) is 0.625. The Labute approximate surface area is 131 Å². The molecule has 1 N–H and O–H groups in total. The number of amides is 1. The summed E-state index contributed by atoms with van der Waals surface area (Å²) in [5.41, 5.74) is 0.138. The number of likely N-dealkylation sites (N-methyl/N-ethyl adjacent to an activating group) is 1. The molecular formula is C16H25N3O3. The van der Waals surface area contributed by atoms with E-state index in [2.05, 4.69) is 4.98 Å². The van der Waals surface area contributed by atoms with Gasteiger partial charge in [-0.25, -0.2) is 4.79 Å². The molecule has 0 unspecified atom stereocenters. The Morgan fingerprint density at radius 2 is 2.18 bits per heavy atom. The highest BCUT2D eigenvalue weighted by atomic mass is 16.6. The van der Waals surface area contributed by atoms with Crippen molar-refractivity contribution in [3.05, 3.63) is 24.0 Å². The molecule has 0 radical (unpaired) electrons. The second-order valence-electron chi connectivity index (χ2n) is 6.79. The second kappa shape index (κ2) is 6.52. The van der Waals surface area contributed by atoms with Gasteiger partial charge in [-0.1, -0.05) is 0 Å². The van der Waals surface area contributed by atoms with E-state index in [1.54, 1.807) is 17.2 Å². The zero-order valence-electron chi connectivity index (χ0n) is 13.8. The molecule has 0 aromatic carbocycles. The van der Waals surface area contributed by atoms with Crippen LogP contribution in [0.15, 0.2) is 18.3 Å². The predicted molar refractivity (Wildman–Crippen MR) is 84.0 cm³/mol. The van der Waals surface area contributed by atoms with Crippen LogP contribution in [-0.4, -0.2) is 65.0 Å². The third-order valence-electron chi connectivity index (χ3n) is 3.73. The van der Waals surface area contributed by atoms with Crippen molar-refractivity contribution in [3.8, 4) is 0 Å². The van der Waals surface area contributed by atoms with Gasteiger partial charge in [-0.05, 0) is 46.4 Å². The lowest BCUT2D eigenvalue weighted by Crippen LogP contribution is -2.40. The smallest absolute Gasteiger partial charge is 0.410 e. The minimum absolute atomic E-state index is 0.0585. The molecule has 0 spiro atoms. The summed E-state index contributed by atoms with van der Waals surface area (Å²) < 4.78 is 5.39. The van der Waals surface area contributed by atoms with E-state index in [9.17, 15) is 9.59 Å². The van der Waals surface area contributed by atoms with Crippen LogP contribution in [0.4, 0.5) is 4.79 Å². The number of likely N-dealkylation sites (tertiary alicyclic amines) is 1. The molecule has 0 saturated carbocycles. The summed E-state index contributed by atoms with van der Waals surface area (Å²) in [6.07, 6.45) is 2.32. The number of carbonyl (C=O) groups excluding carboxylic acids is 2. The average molecular weight is 307 g/mol. The standard InChI is InChI=1S/C16H25N3O3/c1-16(2,3)22-15(21)19-9-7-12(10-19)18(4)11-14(20)13-6-5-8-17-13/h5-6,8,12,17H,7,9-11H2,1-4H3/t12-/m0/s1. The number of aromatic nitrogens is 1. The van der Waals surface area contributed by atoms with E-state index >= 15 is 0 Å². The van der Waals surface area contributed by atoms with E-state index in [4.69, 9.17) is 4.74 Å². The number of nitrogens with zero attached hydrogens (tertiary/aromatic N) is 2. The van der Waals surface area contributed by atoms with Crippen LogP contribution in [-0.2, 0) is 4.74 Å². The van der Waals surface area contributed by atoms with E-state index < -0.39 is 5.60 Å². The van der Waals surface area contributed by atoms with E-state index in [0.717, 1.165) is 6.42 Å². The van der Waals surface area contributed by atoms with Crippen LogP contribution >= 0.6 is 0 Å². The number of hydrogen-bond acceptors (Lipinski definition) is 4. The van der Waals surface area contributed by atoms with Crippen LogP contribution in [0.5, 0.6) is 0 Å². The first-order valence-corrected chi connectivity index (χ1v) is 7.61. The maximum atomic E-state index is 12.1. The maximum absolute atomic E-state index is 12.1. The molecule has 1 saturated heterocycles. The van der Waals surface area contributed by atoms with Crippen molar-refractivity contribution in [1.29, 1.82) is 0 Å². The molecule has 6 nitrogen and oxygen atoms in total. The molecule has 1 aromatic rings. The Bertz CT molecular complexity index is 519. The van der Waals surface area contributed by atoms with Gasteiger partial charge in [0.05, 0.1) is 12.2 Å². The van der Waals surface area contributed by atoms with Crippen LogP contribution in [0.3, 0.4) is 0 Å². The van der Waals surface area contributed by atoms with Gasteiger partial charge in [0.2, 0.25) is 0 Å². The van der Waals surface area contributed by atoms with Crippen molar-refractivity contribution in [2.45, 2.75) is 38.8 Å². The van der Waals surface area contributed by atoms with Gasteiger partial charge in [-0.15, -0.1) is 0 Å². The number of rotatable bonds is 4. The van der Waals surface area contributed by atoms with Crippen LogP contribution in [0, 0.1) is 0 Å². The lowest BCUT2D eigenvalue weighted by molar-refractivity contribution is 0.0283. The van der Waals surface area contributed by atoms with Gasteiger partial charge in [0, 0.05) is 25.3 Å². The number of ether oxygens (including phenoxy) is 1. The average Bonchev–Trinajstić information content (AvgIpc) is 3.08. The third-order valence-corrected chi connectivity index (χ3v) is 3.73. The quantitative estimate of drug-likeness (QED) is 0.866. The number of ketones is 1. The first kappa shape index (κ1) is 16.5. The lowest BCUT2D eigenvalue weighted by Gasteiger charge is -2.26. The summed E-state index contributed by atoms with van der Waals surface area (Å²) in [6, 6.07) is 3.77. The Morgan fingerprint density at radius 1 is 1.45 bits per heavy atom. The molecule has 1 amide bonds. The van der Waals surface area contributed by atoms with Gasteiger partial charge in [-0.2, -0.15) is 0 Å². The molecule has 0 bridgehead atoms. The van der Waals surface area contributed by atoms with E-state index in [-0.39, 0.29) is 17.9 Å². The van der Waals surface area contributed by atoms with E-state index in [1.807, 2.05) is 38.8 Å². The molecule has 1 aromatic heterocycles. The Morgan fingerprint density at radius 3 is 2.77 bits per heavy atom. The highest BCUT2D eigenvalue weighted by Gasteiger charge is 2.32. The molecule has 1 fully saturated rings. The van der Waals surface area contributed by atoms with Gasteiger partial charge in [0.15, 0.2) is 5.78 Å². The minimum atomic E-state index is -0.481. The molecule has 22 heavy (non-hydrogen) atoms. The first-order chi connectivity index (χ1) is 10.3. The van der Waals surface area contributed by atoms with Crippen LogP contribution in [0.25, 0.3) is 0 Å². The molecule has 0 aliphatic carbocycles. The van der Waals surface area contributed by atoms with Crippen molar-refractivity contribution in [2.75, 3.05) is 26.7 Å². The number of carbonyl (C=O) groups is 2. The maximum Gasteiger partial charge on any atom is 0.410 e. The lowest BCUT2D eigenvalue weighted by atomic mass is 10.2. The van der Waals surface area contributed by atoms with Gasteiger partial charge >= 0.3 is 6.09 Å². The SMILES string of the molecule is CN(CC(=O)c1ccc[nH]1)[C@H]1CCN(C(=O)OC(C)(C)C)C1. The van der Waals surface area contributed by atoms with E-state index in [1.165, 1.54) is 0 Å². The Hall–Kier alpha value is -1.82. The Kier molecular flexibility index (Phi) is 4.90. The van der Waals surface area contributed by atoms with Gasteiger partial charge in [0.1, 0.15) is 5.60 Å². The largest absolute Gasteiger partial charge is 0.444 e. The van der Waals surface area contributed by atoms with Crippen molar-refractivity contribution in [3.63, 3.8) is 0 Å². The molecule has 2 heterocycles. The van der Waals surface area contributed by atoms with E-state index in [0.29, 0.717) is 25.3 Å². The molecule has 2 rings (SSSR count). The highest BCUT2D eigenvalue weighted by molar-refractivity contribution is 5.95. The topological polar surface area (TPSA) is 65.6 Å². The highest BCUT2D eigenvalue weighted by Crippen LogP contribution is 2.18. The molecule has 6 heteroatoms. The van der Waals surface area contributed by atoms with Crippen LogP contribution < -0.4 is 0 Å². The Balaban J connectivity index is 1.84. The van der Waals surface area contributed by atoms with Gasteiger partial charge < -0.3 is 14.6 Å². The zero-order valence-corrected chi connectivity index (χ0v) is 13.8. The number of nitrogens with one attached hydrogen (secondary N) is 1. The number of H-pyrrole nitrogens is 1. The summed E-state index contributed by atoms with van der Waals surface area (Å²) in [5.74, 6) is 0.0585. The van der Waals surface area contributed by atoms with Crippen LogP contribution in [0.1, 0.15) is 37.7 Å². The van der Waals surface area contributed by atoms with Crippen molar-refractivity contribution < 1.29 is 14.3 Å². The summed E-state index contributed by atoms with van der Waals surface area (Å²) in [7, 11) is 1.92. The molecule has 1 atom stereocenters. The normalized spacial score (nSPS) is 18.8. The summed E-state index contributed by atoms with van der Waals surface area (Å²) in [6.45, 7) is 7.19. The zero-order chi connectivity index (χ0) is 16.3. The monoisotopic (exact) mass is 307 g/mol.